The standard InChI is InChI=1S/C41H26N10O6S3/c1-24-33(22-43)38(45-29-12-16-31(17-13-29)59(52,53)54)47-39(46-30-14-18-32(19-15-30)60(55,56)57)37(24)49-50-40-34(23-44)36(27-11-10-25-6-2-3-7-26(25)20-27)41(58-40)51-48-35-9-5-4-8-28(35)21-42/h2-20H,1H3,(H2,45,46,47)(H,52,53,54)(H,55,56,57). The number of anilines is 4. The third-order valence-electron chi connectivity index (χ3n) is 8.89. The monoisotopic (exact) mass is 850 g/mol. The average molecular weight is 851 g/mol. The normalized spacial score (nSPS) is 11.7. The smallest absolute Gasteiger partial charge is 0.294 e. The van der Waals surface area contributed by atoms with Crippen molar-refractivity contribution in [1.82, 2.24) is 4.98 Å². The van der Waals surface area contributed by atoms with E-state index in [4.69, 9.17) is 0 Å². The molecule has 0 saturated heterocycles. The Morgan fingerprint density at radius 2 is 1.18 bits per heavy atom. The third kappa shape index (κ3) is 8.59. The molecular weight excluding hydrogens is 825 g/mol. The fourth-order valence-electron chi connectivity index (χ4n) is 5.94. The van der Waals surface area contributed by atoms with Gasteiger partial charge in [0.2, 0.25) is 0 Å². The SMILES string of the molecule is Cc1c(C#N)c(Nc2ccc(S(=O)(=O)O)cc2)nc(Nc2ccc(S(=O)(=O)O)cc2)c1N=Nc1sc(N=Nc2ccccc2C#N)c(-c2ccc3ccccc3c2)c1C#N. The van der Waals surface area contributed by atoms with E-state index in [1.165, 1.54) is 24.3 Å². The van der Waals surface area contributed by atoms with Crippen LogP contribution in [0.5, 0.6) is 0 Å². The van der Waals surface area contributed by atoms with E-state index in [-0.39, 0.29) is 48.8 Å². The molecule has 0 fully saturated rings. The number of nitriles is 3. The molecule has 0 radical (unpaired) electrons. The Morgan fingerprint density at radius 3 is 1.78 bits per heavy atom. The number of fused-ring (bicyclic) bond motifs is 1. The number of pyridine rings is 1. The molecule has 19 heteroatoms. The molecule has 0 amide bonds. The molecule has 0 aliphatic heterocycles. The summed E-state index contributed by atoms with van der Waals surface area (Å²) in [5.41, 5.74) is 2.73. The van der Waals surface area contributed by atoms with Crippen molar-refractivity contribution in [1.29, 1.82) is 15.8 Å². The molecule has 0 aliphatic carbocycles. The summed E-state index contributed by atoms with van der Waals surface area (Å²) < 4.78 is 65.6. The maximum absolute atomic E-state index is 11.7. The van der Waals surface area contributed by atoms with Gasteiger partial charge in [0.25, 0.3) is 20.2 Å². The first-order valence-electron chi connectivity index (χ1n) is 17.3. The van der Waals surface area contributed by atoms with Crippen molar-refractivity contribution in [2.75, 3.05) is 10.6 Å². The number of nitrogens with one attached hydrogen (secondary N) is 2. The first kappa shape index (κ1) is 40.5. The predicted octanol–water partition coefficient (Wildman–Crippen LogP) is 10.7. The highest BCUT2D eigenvalue weighted by molar-refractivity contribution is 7.86. The van der Waals surface area contributed by atoms with Crippen LogP contribution in [0.15, 0.2) is 146 Å². The van der Waals surface area contributed by atoms with Crippen LogP contribution in [0.2, 0.25) is 0 Å². The van der Waals surface area contributed by atoms with E-state index in [1.54, 1.807) is 31.2 Å². The Hall–Kier alpha value is -7.70. The van der Waals surface area contributed by atoms with Crippen LogP contribution in [0, 0.1) is 40.9 Å². The fourth-order valence-corrected chi connectivity index (χ4v) is 7.82. The average Bonchev–Trinajstić information content (AvgIpc) is 3.59. The quantitative estimate of drug-likeness (QED) is 0.0699. The van der Waals surface area contributed by atoms with E-state index >= 15 is 0 Å². The molecule has 60 heavy (non-hydrogen) atoms. The van der Waals surface area contributed by atoms with Crippen molar-refractivity contribution in [2.24, 2.45) is 20.5 Å². The van der Waals surface area contributed by atoms with Gasteiger partial charge in [-0.2, -0.15) is 32.6 Å². The second-order valence-corrected chi connectivity index (χ2v) is 16.5. The summed E-state index contributed by atoms with van der Waals surface area (Å²) in [5, 5.41) is 56.8. The molecule has 0 unspecified atom stereocenters. The summed E-state index contributed by atoms with van der Waals surface area (Å²) in [6, 6.07) is 36.5. The second-order valence-electron chi connectivity index (χ2n) is 12.7. The summed E-state index contributed by atoms with van der Waals surface area (Å²) in [7, 11) is -8.98. The van der Waals surface area contributed by atoms with Crippen LogP contribution in [0.4, 0.5) is 44.4 Å². The topological polar surface area (TPSA) is 266 Å². The Labute approximate surface area is 346 Å². The zero-order valence-corrected chi connectivity index (χ0v) is 33.2. The fraction of sp³-hybridized carbons (Fsp3) is 0.0244. The van der Waals surface area contributed by atoms with Gasteiger partial charge in [-0.1, -0.05) is 59.9 Å². The van der Waals surface area contributed by atoms with Crippen LogP contribution in [0.25, 0.3) is 21.9 Å². The summed E-state index contributed by atoms with van der Waals surface area (Å²) in [5.74, 6) is 0.0307. The molecule has 4 N–H and O–H groups in total. The van der Waals surface area contributed by atoms with Crippen molar-refractivity contribution in [3.05, 3.63) is 138 Å². The van der Waals surface area contributed by atoms with E-state index in [2.05, 4.69) is 54.3 Å². The number of benzene rings is 5. The van der Waals surface area contributed by atoms with Crippen LogP contribution in [-0.4, -0.2) is 30.9 Å². The van der Waals surface area contributed by atoms with Crippen molar-refractivity contribution < 1.29 is 25.9 Å². The van der Waals surface area contributed by atoms with Gasteiger partial charge in [-0.25, -0.2) is 4.98 Å². The molecule has 0 saturated carbocycles. The van der Waals surface area contributed by atoms with Gasteiger partial charge in [-0.05, 0) is 90.0 Å². The molecule has 7 rings (SSSR count). The number of azo groups is 2. The summed E-state index contributed by atoms with van der Waals surface area (Å²) in [4.78, 5) is 3.90. The number of nitrogens with zero attached hydrogens (tertiary/aromatic N) is 8. The van der Waals surface area contributed by atoms with Gasteiger partial charge in [-0.3, -0.25) is 9.11 Å². The number of rotatable bonds is 11. The maximum atomic E-state index is 11.7. The van der Waals surface area contributed by atoms with Crippen LogP contribution in [0.1, 0.15) is 22.3 Å². The summed E-state index contributed by atoms with van der Waals surface area (Å²) >= 11 is 1.01. The van der Waals surface area contributed by atoms with Crippen molar-refractivity contribution in [3.63, 3.8) is 0 Å². The van der Waals surface area contributed by atoms with Crippen LogP contribution < -0.4 is 10.6 Å². The third-order valence-corrected chi connectivity index (χ3v) is 11.6. The first-order valence-corrected chi connectivity index (χ1v) is 21.0. The molecule has 0 bridgehead atoms. The van der Waals surface area contributed by atoms with Gasteiger partial charge in [0.15, 0.2) is 16.6 Å². The molecule has 16 nitrogen and oxygen atoms in total. The lowest BCUT2D eigenvalue weighted by atomic mass is 10.00. The molecule has 294 valence electrons. The Bertz CT molecular complexity index is 3260. The van der Waals surface area contributed by atoms with E-state index < -0.39 is 20.2 Å². The lowest BCUT2D eigenvalue weighted by Crippen LogP contribution is -2.05. The van der Waals surface area contributed by atoms with E-state index in [1.807, 2.05) is 42.5 Å². The van der Waals surface area contributed by atoms with Crippen molar-refractivity contribution >= 4 is 86.7 Å². The van der Waals surface area contributed by atoms with Gasteiger partial charge in [0.05, 0.1) is 20.9 Å². The van der Waals surface area contributed by atoms with Gasteiger partial charge < -0.3 is 10.6 Å². The summed E-state index contributed by atoms with van der Waals surface area (Å²) in [6.07, 6.45) is 0. The molecule has 5 aromatic carbocycles. The van der Waals surface area contributed by atoms with Crippen LogP contribution >= 0.6 is 11.3 Å². The molecule has 2 aromatic heterocycles. The van der Waals surface area contributed by atoms with Gasteiger partial charge in [0.1, 0.15) is 40.1 Å². The largest absolute Gasteiger partial charge is 0.339 e. The highest BCUT2D eigenvalue weighted by Gasteiger charge is 2.23. The number of hydrogen-bond acceptors (Lipinski definition) is 15. The maximum Gasteiger partial charge on any atom is 0.294 e. The second kappa shape index (κ2) is 16.6. The zero-order chi connectivity index (χ0) is 42.6. The first-order chi connectivity index (χ1) is 28.8. The lowest BCUT2D eigenvalue weighted by molar-refractivity contribution is 0.481. The molecular formula is C41H26N10O6S3. The Balaban J connectivity index is 1.37. The van der Waals surface area contributed by atoms with Crippen LogP contribution in [0.3, 0.4) is 0 Å². The number of hydrogen-bond donors (Lipinski definition) is 4. The van der Waals surface area contributed by atoms with Gasteiger partial charge >= 0.3 is 0 Å². The Morgan fingerprint density at radius 1 is 0.617 bits per heavy atom. The minimum Gasteiger partial charge on any atom is -0.339 e. The number of aromatic nitrogens is 1. The van der Waals surface area contributed by atoms with Gasteiger partial charge in [-0.15, -0.1) is 20.5 Å². The summed E-state index contributed by atoms with van der Waals surface area (Å²) in [6.45, 7) is 1.58. The van der Waals surface area contributed by atoms with Crippen molar-refractivity contribution in [3.8, 4) is 29.3 Å². The molecule has 0 spiro atoms. The Kier molecular flexibility index (Phi) is 11.2. The van der Waals surface area contributed by atoms with E-state index in [0.717, 1.165) is 46.4 Å². The van der Waals surface area contributed by atoms with Crippen LogP contribution in [-0.2, 0) is 20.2 Å². The highest BCUT2D eigenvalue weighted by atomic mass is 32.2. The van der Waals surface area contributed by atoms with Gasteiger partial charge in [0, 0.05) is 22.5 Å². The van der Waals surface area contributed by atoms with E-state index in [9.17, 15) is 41.7 Å². The molecule has 0 atom stereocenters. The minimum absolute atomic E-state index is 0.0124. The molecule has 2 heterocycles. The lowest BCUT2D eigenvalue weighted by Gasteiger charge is -2.16. The highest BCUT2D eigenvalue weighted by Crippen LogP contribution is 2.49. The number of thiophene rings is 1. The van der Waals surface area contributed by atoms with E-state index in [0.29, 0.717) is 38.8 Å². The zero-order valence-electron chi connectivity index (χ0n) is 30.8. The molecule has 0 aliphatic rings. The predicted molar refractivity (Wildman–Crippen MR) is 224 cm³/mol. The minimum atomic E-state index is -4.50. The molecule has 7 aromatic rings. The van der Waals surface area contributed by atoms with Crippen molar-refractivity contribution in [2.45, 2.75) is 16.7 Å².